The lowest BCUT2D eigenvalue weighted by Gasteiger charge is -2.50. The zero-order chi connectivity index (χ0) is 40.3. The van der Waals surface area contributed by atoms with E-state index in [0.29, 0.717) is 24.7 Å². The van der Waals surface area contributed by atoms with Gasteiger partial charge in [-0.2, -0.15) is 5.10 Å². The van der Waals surface area contributed by atoms with Crippen LogP contribution in [0.15, 0.2) is 55.1 Å². The van der Waals surface area contributed by atoms with Gasteiger partial charge in [-0.25, -0.2) is 15.0 Å². The van der Waals surface area contributed by atoms with E-state index >= 15 is 0 Å². The van der Waals surface area contributed by atoms with Crippen LogP contribution in [-0.2, 0) is 9.59 Å². The Morgan fingerprint density at radius 1 is 0.814 bits per heavy atom. The molecule has 3 aromatic heterocycles. The van der Waals surface area contributed by atoms with Crippen LogP contribution in [0.25, 0.3) is 33.3 Å². The summed E-state index contributed by atoms with van der Waals surface area (Å²) in [5.41, 5.74) is 5.75. The van der Waals surface area contributed by atoms with E-state index in [1.807, 2.05) is 16.7 Å². The third-order valence-corrected chi connectivity index (χ3v) is 13.9. The van der Waals surface area contributed by atoms with Crippen molar-refractivity contribution in [2.24, 2.45) is 11.8 Å². The summed E-state index contributed by atoms with van der Waals surface area (Å²) in [6.45, 7) is 16.7. The fourth-order valence-electron chi connectivity index (χ4n) is 10.1. The monoisotopic (exact) mass is 799 g/mol. The normalized spacial score (nSPS) is 23.3. The van der Waals surface area contributed by atoms with Gasteiger partial charge in [0.1, 0.15) is 35.2 Å². The summed E-state index contributed by atoms with van der Waals surface area (Å²) < 4.78 is 8.19. The van der Waals surface area contributed by atoms with Crippen LogP contribution in [-0.4, -0.2) is 121 Å². The number of carbonyl (C=O) groups excluding carboxylic acids is 2. The number of piperazine rings is 1. The minimum absolute atomic E-state index is 0.0351. The lowest BCUT2D eigenvalue weighted by Crippen LogP contribution is -2.61. The van der Waals surface area contributed by atoms with E-state index in [4.69, 9.17) is 9.72 Å². The Bertz CT molecular complexity index is 2350. The molecular weight excluding hydrogens is 743 g/mol. The van der Waals surface area contributed by atoms with Gasteiger partial charge in [-0.1, -0.05) is 0 Å². The van der Waals surface area contributed by atoms with Crippen molar-refractivity contribution in [1.29, 1.82) is 0 Å². The van der Waals surface area contributed by atoms with Gasteiger partial charge in [0.25, 0.3) is 0 Å². The molecule has 59 heavy (non-hydrogen) atoms. The van der Waals surface area contributed by atoms with E-state index in [0.717, 1.165) is 129 Å². The third-order valence-electron chi connectivity index (χ3n) is 13.9. The minimum Gasteiger partial charge on any atom is -0.488 e. The summed E-state index contributed by atoms with van der Waals surface area (Å²) in [6, 6.07) is 14.2. The molecular formula is C45H57N11O3. The molecule has 1 atom stereocenters. The number of amides is 2. The zero-order valence-corrected chi connectivity index (χ0v) is 34.7. The summed E-state index contributed by atoms with van der Waals surface area (Å²) in [6.07, 6.45) is 11.1. The number of hydrogen-bond acceptors (Lipinski definition) is 11. The lowest BCUT2D eigenvalue weighted by molar-refractivity contribution is -0.135. The number of H-pyrrole nitrogens is 1. The Kier molecular flexibility index (Phi) is 9.82. The number of imide groups is 1. The minimum atomic E-state index is -0.401. The highest BCUT2D eigenvalue weighted by molar-refractivity contribution is 6.00. The molecule has 5 aliphatic rings. The first kappa shape index (κ1) is 38.1. The maximum absolute atomic E-state index is 12.6. The summed E-state index contributed by atoms with van der Waals surface area (Å²) in [5.74, 6) is 2.77. The second kappa shape index (κ2) is 15.2. The molecule has 0 bridgehead atoms. The number of anilines is 2. The van der Waals surface area contributed by atoms with E-state index in [1.54, 1.807) is 12.7 Å². The second-order valence-corrected chi connectivity index (χ2v) is 18.7. The Hall–Kier alpha value is -5.08. The Morgan fingerprint density at radius 2 is 1.59 bits per heavy atom. The molecule has 1 saturated carbocycles. The third kappa shape index (κ3) is 7.88. The molecule has 10 rings (SSSR count). The first-order chi connectivity index (χ1) is 28.6. The van der Waals surface area contributed by atoms with Crippen LogP contribution in [0.5, 0.6) is 5.75 Å². The molecule has 2 aromatic carbocycles. The van der Waals surface area contributed by atoms with Crippen molar-refractivity contribution in [2.75, 3.05) is 68.7 Å². The number of nitrogens with zero attached hydrogens (tertiary/aromatic N) is 9. The molecule has 310 valence electrons. The number of ether oxygens (including phenoxy) is 1. The molecule has 0 radical (unpaired) electrons. The molecule has 4 aliphatic heterocycles. The number of benzene rings is 2. The number of nitrogens with one attached hydrogen (secondary N) is 2. The van der Waals surface area contributed by atoms with Crippen molar-refractivity contribution in [3.63, 3.8) is 0 Å². The molecule has 2 amide bonds. The fraction of sp³-hybridized carbons (Fsp3) is 0.556. The Labute approximate surface area is 345 Å². The summed E-state index contributed by atoms with van der Waals surface area (Å²) in [4.78, 5) is 48.7. The summed E-state index contributed by atoms with van der Waals surface area (Å²) in [7, 11) is 0. The maximum atomic E-state index is 12.6. The highest BCUT2D eigenvalue weighted by atomic mass is 16.5. The molecule has 14 heteroatoms. The average molecular weight is 800 g/mol. The lowest BCUT2D eigenvalue weighted by atomic mass is 9.90. The summed E-state index contributed by atoms with van der Waals surface area (Å²) in [5, 5.41) is 11.3. The molecule has 1 unspecified atom stereocenters. The Balaban J connectivity index is 0.699. The van der Waals surface area contributed by atoms with E-state index in [-0.39, 0.29) is 23.0 Å². The van der Waals surface area contributed by atoms with Gasteiger partial charge in [-0.15, -0.1) is 0 Å². The van der Waals surface area contributed by atoms with E-state index in [1.165, 1.54) is 18.5 Å². The number of hydrogen-bond donors (Lipinski definition) is 2. The van der Waals surface area contributed by atoms with Gasteiger partial charge in [0, 0.05) is 88.0 Å². The number of rotatable bonds is 10. The predicted octanol–water partition coefficient (Wildman–Crippen LogP) is 5.81. The van der Waals surface area contributed by atoms with Crippen LogP contribution in [0.2, 0.25) is 0 Å². The molecule has 2 N–H and O–H groups in total. The zero-order valence-electron chi connectivity index (χ0n) is 34.7. The number of aromatic amines is 1. The highest BCUT2D eigenvalue weighted by Crippen LogP contribution is 2.41. The Morgan fingerprint density at radius 3 is 2.36 bits per heavy atom. The quantitative estimate of drug-likeness (QED) is 0.166. The SMILES string of the molecule is CC1(Oc2ccc3[nH]nc(-c4cc(N5CCC(CN6CCN(CC7CCN(c8ccc9ncn(C%10CCC(=O)NC%10=O)c9c8)CC7)CC6(C)C)CC5)ncn4)c3c2)CC1. The maximum Gasteiger partial charge on any atom is 0.249 e. The molecule has 5 fully saturated rings. The smallest absolute Gasteiger partial charge is 0.249 e. The second-order valence-electron chi connectivity index (χ2n) is 18.7. The standard InChI is InChI=1S/C45H57N11O3/c1-44(2)27-52(25-30-10-16-53(17-11-30)32-4-6-36-39(22-32)56(29-48-36)38-8-9-41(57)49-43(38)58)20-21-55(44)26-31-12-18-54(19-13-31)40-24-37(46-28-47-40)42-34-23-33(59-45(3)14-15-45)5-7-35(34)50-51-42/h4-7,22-24,28-31,38H,8-21,25-27H2,1-3H3,(H,50,51)(H,49,57,58). The van der Waals surface area contributed by atoms with Crippen molar-refractivity contribution in [1.82, 2.24) is 44.8 Å². The molecule has 5 aromatic rings. The number of piperidine rings is 3. The fourth-order valence-corrected chi connectivity index (χ4v) is 10.1. The predicted molar refractivity (Wildman–Crippen MR) is 229 cm³/mol. The van der Waals surface area contributed by atoms with Crippen molar-refractivity contribution in [2.45, 2.75) is 89.3 Å². The number of carbonyl (C=O) groups is 2. The van der Waals surface area contributed by atoms with E-state index in [9.17, 15) is 9.59 Å². The largest absolute Gasteiger partial charge is 0.488 e. The van der Waals surface area contributed by atoms with E-state index < -0.39 is 6.04 Å². The van der Waals surface area contributed by atoms with Crippen LogP contribution in [0.3, 0.4) is 0 Å². The van der Waals surface area contributed by atoms with Gasteiger partial charge in [-0.05, 0) is 114 Å². The van der Waals surface area contributed by atoms with Crippen LogP contribution in [0.4, 0.5) is 11.5 Å². The number of imidazole rings is 1. The topological polar surface area (TPSA) is 141 Å². The highest BCUT2D eigenvalue weighted by Gasteiger charge is 2.40. The number of fused-ring (bicyclic) bond motifs is 2. The van der Waals surface area contributed by atoms with Gasteiger partial charge in [0.15, 0.2) is 0 Å². The molecule has 7 heterocycles. The van der Waals surface area contributed by atoms with Crippen molar-refractivity contribution >= 4 is 45.3 Å². The molecule has 4 saturated heterocycles. The summed E-state index contributed by atoms with van der Waals surface area (Å²) >= 11 is 0. The molecule has 14 nitrogen and oxygen atoms in total. The molecule has 1 aliphatic carbocycles. The van der Waals surface area contributed by atoms with Gasteiger partial charge in [0.2, 0.25) is 11.8 Å². The first-order valence-electron chi connectivity index (χ1n) is 21.8. The van der Waals surface area contributed by atoms with Gasteiger partial charge in [-0.3, -0.25) is 29.8 Å². The van der Waals surface area contributed by atoms with Gasteiger partial charge >= 0.3 is 0 Å². The first-order valence-corrected chi connectivity index (χ1v) is 21.8. The van der Waals surface area contributed by atoms with Crippen molar-refractivity contribution in [3.8, 4) is 17.1 Å². The van der Waals surface area contributed by atoms with Crippen molar-refractivity contribution < 1.29 is 14.3 Å². The number of aromatic nitrogens is 6. The van der Waals surface area contributed by atoms with Crippen LogP contribution < -0.4 is 19.9 Å². The van der Waals surface area contributed by atoms with Crippen LogP contribution in [0.1, 0.15) is 78.2 Å². The molecule has 0 spiro atoms. The van der Waals surface area contributed by atoms with Crippen LogP contribution in [0, 0.1) is 11.8 Å². The van der Waals surface area contributed by atoms with Crippen LogP contribution >= 0.6 is 0 Å². The van der Waals surface area contributed by atoms with Gasteiger partial charge < -0.3 is 19.1 Å². The van der Waals surface area contributed by atoms with Crippen molar-refractivity contribution in [3.05, 3.63) is 55.1 Å². The van der Waals surface area contributed by atoms with Gasteiger partial charge in [0.05, 0.1) is 28.6 Å². The van der Waals surface area contributed by atoms with E-state index in [2.05, 4.69) is 96.2 Å². The average Bonchev–Trinajstić information content (AvgIpc) is 3.59.